The van der Waals surface area contributed by atoms with E-state index in [4.69, 9.17) is 0 Å². The van der Waals surface area contributed by atoms with Gasteiger partial charge in [0.05, 0.1) is 6.54 Å². The number of hydrogen-bond acceptors (Lipinski definition) is 4. The van der Waals surface area contributed by atoms with Crippen LogP contribution in [0.15, 0.2) is 54.6 Å². The molecule has 1 heterocycles. The Morgan fingerprint density at radius 2 is 1.61 bits per heavy atom. The third kappa shape index (κ3) is 5.93. The number of likely N-dealkylation sites (N-methyl/N-ethyl adjacent to an activating group) is 1. The standard InChI is InChI=1S/C25H34N4O2/c1-4-20-11-9-10-14-22(20)26-23(30)19-28-15-17-29(18-16-28)25(31)24(27(3)5-2)21-12-7-6-8-13-21/h6-14,24H,4-5,15-19H2,1-3H3,(H,26,30). The van der Waals surface area contributed by atoms with Gasteiger partial charge < -0.3 is 10.2 Å². The van der Waals surface area contributed by atoms with E-state index in [0.29, 0.717) is 32.7 Å². The summed E-state index contributed by atoms with van der Waals surface area (Å²) in [6.45, 7) is 7.97. The van der Waals surface area contributed by atoms with Gasteiger partial charge in [-0.3, -0.25) is 19.4 Å². The number of piperazine rings is 1. The van der Waals surface area contributed by atoms with E-state index in [1.807, 2.05) is 66.5 Å². The van der Waals surface area contributed by atoms with Gasteiger partial charge in [0, 0.05) is 31.9 Å². The van der Waals surface area contributed by atoms with Crippen molar-refractivity contribution in [3.63, 3.8) is 0 Å². The highest BCUT2D eigenvalue weighted by atomic mass is 16.2. The number of amides is 2. The fourth-order valence-electron chi connectivity index (χ4n) is 4.05. The van der Waals surface area contributed by atoms with E-state index < -0.39 is 0 Å². The second-order valence-corrected chi connectivity index (χ2v) is 8.05. The molecular formula is C25H34N4O2. The summed E-state index contributed by atoms with van der Waals surface area (Å²) in [5.74, 6) is 0.130. The van der Waals surface area contributed by atoms with Gasteiger partial charge in [0.25, 0.3) is 0 Å². The van der Waals surface area contributed by atoms with Crippen LogP contribution >= 0.6 is 0 Å². The molecule has 3 rings (SSSR count). The van der Waals surface area contributed by atoms with Crippen LogP contribution in [-0.2, 0) is 16.0 Å². The van der Waals surface area contributed by atoms with Crippen LogP contribution in [0.5, 0.6) is 0 Å². The number of carbonyl (C=O) groups excluding carboxylic acids is 2. The van der Waals surface area contributed by atoms with Gasteiger partial charge in [0.1, 0.15) is 6.04 Å². The Hall–Kier alpha value is -2.70. The molecule has 6 heteroatoms. The Balaban J connectivity index is 1.55. The van der Waals surface area contributed by atoms with Gasteiger partial charge in [0.2, 0.25) is 11.8 Å². The predicted octanol–water partition coefficient (Wildman–Crippen LogP) is 3.02. The first-order valence-corrected chi connectivity index (χ1v) is 11.2. The van der Waals surface area contributed by atoms with E-state index in [1.54, 1.807) is 0 Å². The first kappa shape index (κ1) is 23.0. The molecule has 0 radical (unpaired) electrons. The molecular weight excluding hydrogens is 388 g/mol. The summed E-state index contributed by atoms with van der Waals surface area (Å²) in [6.07, 6.45) is 0.881. The predicted molar refractivity (Wildman–Crippen MR) is 125 cm³/mol. The van der Waals surface area contributed by atoms with Crippen molar-refractivity contribution in [1.29, 1.82) is 0 Å². The molecule has 31 heavy (non-hydrogen) atoms. The quantitative estimate of drug-likeness (QED) is 0.711. The summed E-state index contributed by atoms with van der Waals surface area (Å²) in [5.41, 5.74) is 3.05. The molecule has 1 saturated heterocycles. The molecule has 2 aromatic carbocycles. The maximum Gasteiger partial charge on any atom is 0.244 e. The van der Waals surface area contributed by atoms with Crippen molar-refractivity contribution in [3.8, 4) is 0 Å². The SMILES string of the molecule is CCc1ccccc1NC(=O)CN1CCN(C(=O)C(c2ccccc2)N(C)CC)CC1. The molecule has 2 amide bonds. The minimum Gasteiger partial charge on any atom is -0.338 e. The highest BCUT2D eigenvalue weighted by molar-refractivity contribution is 5.93. The summed E-state index contributed by atoms with van der Waals surface area (Å²) >= 11 is 0. The molecule has 1 aliphatic heterocycles. The van der Waals surface area contributed by atoms with Gasteiger partial charge in [-0.1, -0.05) is 62.4 Å². The van der Waals surface area contributed by atoms with Crippen LogP contribution in [0.2, 0.25) is 0 Å². The lowest BCUT2D eigenvalue weighted by Gasteiger charge is -2.38. The van der Waals surface area contributed by atoms with Gasteiger partial charge in [-0.2, -0.15) is 0 Å². The summed E-state index contributed by atoms with van der Waals surface area (Å²) < 4.78 is 0. The number of aryl methyl sites for hydroxylation is 1. The zero-order valence-electron chi connectivity index (χ0n) is 18.9. The lowest BCUT2D eigenvalue weighted by atomic mass is 10.0. The summed E-state index contributed by atoms with van der Waals surface area (Å²) in [4.78, 5) is 32.0. The molecule has 166 valence electrons. The van der Waals surface area contributed by atoms with E-state index in [9.17, 15) is 9.59 Å². The summed E-state index contributed by atoms with van der Waals surface area (Å²) in [6, 6.07) is 17.6. The lowest BCUT2D eigenvalue weighted by molar-refractivity contribution is -0.138. The van der Waals surface area contributed by atoms with Crippen molar-refractivity contribution in [2.45, 2.75) is 26.3 Å². The summed E-state index contributed by atoms with van der Waals surface area (Å²) in [5, 5.41) is 3.04. The van der Waals surface area contributed by atoms with Gasteiger partial charge in [-0.25, -0.2) is 0 Å². The molecule has 1 atom stereocenters. The largest absolute Gasteiger partial charge is 0.338 e. The molecule has 1 unspecified atom stereocenters. The van der Waals surface area contributed by atoms with Crippen molar-refractivity contribution in [2.24, 2.45) is 0 Å². The fraction of sp³-hybridized carbons (Fsp3) is 0.440. The van der Waals surface area contributed by atoms with Crippen LogP contribution in [0.1, 0.15) is 31.0 Å². The average Bonchev–Trinajstić information content (AvgIpc) is 2.80. The van der Waals surface area contributed by atoms with Crippen LogP contribution in [0.4, 0.5) is 5.69 Å². The second-order valence-electron chi connectivity index (χ2n) is 8.05. The van der Waals surface area contributed by atoms with Gasteiger partial charge in [0.15, 0.2) is 0 Å². The molecule has 1 N–H and O–H groups in total. The zero-order chi connectivity index (χ0) is 22.2. The molecule has 0 aromatic heterocycles. The first-order valence-electron chi connectivity index (χ1n) is 11.2. The Morgan fingerprint density at radius 3 is 2.26 bits per heavy atom. The Morgan fingerprint density at radius 1 is 0.968 bits per heavy atom. The van der Waals surface area contributed by atoms with Crippen molar-refractivity contribution in [3.05, 3.63) is 65.7 Å². The monoisotopic (exact) mass is 422 g/mol. The molecule has 0 saturated carbocycles. The molecule has 1 aliphatic rings. The summed E-state index contributed by atoms with van der Waals surface area (Å²) in [7, 11) is 1.99. The van der Waals surface area contributed by atoms with Gasteiger partial charge in [-0.05, 0) is 37.2 Å². The number of nitrogens with zero attached hydrogens (tertiary/aromatic N) is 3. The maximum absolute atomic E-state index is 13.3. The number of carbonyl (C=O) groups is 2. The highest BCUT2D eigenvalue weighted by Gasteiger charge is 2.31. The molecule has 1 fully saturated rings. The number of benzene rings is 2. The minimum atomic E-state index is -0.272. The molecule has 0 spiro atoms. The van der Waals surface area contributed by atoms with E-state index in [-0.39, 0.29) is 17.9 Å². The molecule has 6 nitrogen and oxygen atoms in total. The van der Waals surface area contributed by atoms with Crippen LogP contribution in [0.3, 0.4) is 0 Å². The van der Waals surface area contributed by atoms with Crippen LogP contribution < -0.4 is 5.32 Å². The lowest BCUT2D eigenvalue weighted by Crippen LogP contribution is -2.53. The Kier molecular flexibility index (Phi) is 8.20. The van der Waals surface area contributed by atoms with Gasteiger partial charge in [-0.15, -0.1) is 0 Å². The molecule has 2 aromatic rings. The van der Waals surface area contributed by atoms with Crippen molar-refractivity contribution < 1.29 is 9.59 Å². The third-order valence-corrected chi connectivity index (χ3v) is 6.01. The second kappa shape index (κ2) is 11.1. The molecule has 0 bridgehead atoms. The number of anilines is 1. The normalized spacial score (nSPS) is 15.7. The van der Waals surface area contributed by atoms with E-state index in [2.05, 4.69) is 29.0 Å². The van der Waals surface area contributed by atoms with Crippen molar-refractivity contribution >= 4 is 17.5 Å². The van der Waals surface area contributed by atoms with Crippen LogP contribution in [0, 0.1) is 0 Å². The van der Waals surface area contributed by atoms with Gasteiger partial charge >= 0.3 is 0 Å². The first-order chi connectivity index (χ1) is 15.0. The number of hydrogen-bond donors (Lipinski definition) is 1. The Labute approximate surface area is 185 Å². The number of nitrogens with one attached hydrogen (secondary N) is 1. The van der Waals surface area contributed by atoms with E-state index >= 15 is 0 Å². The van der Waals surface area contributed by atoms with Crippen molar-refractivity contribution in [1.82, 2.24) is 14.7 Å². The Bertz CT molecular complexity index is 863. The van der Waals surface area contributed by atoms with Crippen molar-refractivity contribution in [2.75, 3.05) is 51.6 Å². The van der Waals surface area contributed by atoms with E-state index in [1.165, 1.54) is 0 Å². The maximum atomic E-state index is 13.3. The number of rotatable bonds is 8. The smallest absolute Gasteiger partial charge is 0.244 e. The number of para-hydroxylation sites is 1. The van der Waals surface area contributed by atoms with E-state index in [0.717, 1.165) is 29.8 Å². The topological polar surface area (TPSA) is 55.9 Å². The minimum absolute atomic E-state index is 0.00597. The zero-order valence-corrected chi connectivity index (χ0v) is 18.9. The van der Waals surface area contributed by atoms with Crippen LogP contribution in [-0.4, -0.2) is 72.8 Å². The van der Waals surface area contributed by atoms with Crippen LogP contribution in [0.25, 0.3) is 0 Å². The third-order valence-electron chi connectivity index (χ3n) is 6.01. The highest BCUT2D eigenvalue weighted by Crippen LogP contribution is 2.23. The molecule has 0 aliphatic carbocycles. The average molecular weight is 423 g/mol. The fourth-order valence-corrected chi connectivity index (χ4v) is 4.05.